The number of hydrogen-bond donors (Lipinski definition) is 2. The Hall–Kier alpha value is -0.670. The number of sulfone groups is 1. The molecule has 1 aromatic rings. The Kier molecular flexibility index (Phi) is 5.97. The van der Waals surface area contributed by atoms with Crippen LogP contribution in [0, 0.1) is 0 Å². The molecule has 1 saturated heterocycles. The van der Waals surface area contributed by atoms with E-state index in [1.54, 1.807) is 0 Å². The van der Waals surface area contributed by atoms with Gasteiger partial charge in [0, 0.05) is 6.26 Å². The molecule has 1 amide bonds. The molecule has 2 rings (SSSR count). The third-order valence-electron chi connectivity index (χ3n) is 3.19. The number of hydrogen-bond acceptors (Lipinski definition) is 6. The lowest BCUT2D eigenvalue weighted by Crippen LogP contribution is -2.46. The number of benzene rings is 1. The van der Waals surface area contributed by atoms with Gasteiger partial charge in [0.25, 0.3) is 5.91 Å². The Labute approximate surface area is 148 Å². The number of alkyl halides is 2. The summed E-state index contributed by atoms with van der Waals surface area (Å²) < 4.78 is 44.3. The van der Waals surface area contributed by atoms with Gasteiger partial charge in [0.05, 0.1) is 17.5 Å². The van der Waals surface area contributed by atoms with Crippen LogP contribution in [0.3, 0.4) is 0 Å². The number of carbonyl (C=O) groups excluding carboxylic acids is 1. The van der Waals surface area contributed by atoms with Crippen molar-refractivity contribution in [2.24, 2.45) is 0 Å². The van der Waals surface area contributed by atoms with Crippen LogP contribution in [0.4, 0.5) is 0 Å². The molecule has 12 heteroatoms. The molecule has 0 bridgehead atoms. The Bertz CT molecular complexity index is 768. The fraction of sp³-hybridized carbons (Fsp3) is 0.417. The van der Waals surface area contributed by atoms with Gasteiger partial charge in [-0.2, -0.15) is 0 Å². The standard InChI is InChI=1S/C12H14Cl2NO7PS/c1-24(19,20)8-4-2-7(3-5-8)10-9(15-12(16)11(13)14)6-21-23(17,18)22-10/h2-5,9-11H,6H2,1H3,(H,15,16)(H,17,18)/t9-,10-/m1/s1. The van der Waals surface area contributed by atoms with Gasteiger partial charge >= 0.3 is 7.82 Å². The highest BCUT2D eigenvalue weighted by molar-refractivity contribution is 7.90. The molecule has 0 aromatic heterocycles. The number of nitrogens with one attached hydrogen (secondary N) is 1. The van der Waals surface area contributed by atoms with Crippen LogP contribution in [-0.2, 0) is 28.2 Å². The van der Waals surface area contributed by atoms with Crippen molar-refractivity contribution in [2.75, 3.05) is 12.9 Å². The van der Waals surface area contributed by atoms with E-state index in [2.05, 4.69) is 9.84 Å². The molecule has 0 aliphatic carbocycles. The highest BCUT2D eigenvalue weighted by Crippen LogP contribution is 2.52. The van der Waals surface area contributed by atoms with E-state index in [1.807, 2.05) is 0 Å². The number of amides is 1. The van der Waals surface area contributed by atoms with Gasteiger partial charge in [-0.05, 0) is 17.7 Å². The largest absolute Gasteiger partial charge is 0.472 e. The first kappa shape index (κ1) is 19.7. The molecule has 0 spiro atoms. The topological polar surface area (TPSA) is 119 Å². The van der Waals surface area contributed by atoms with Crippen molar-refractivity contribution in [3.05, 3.63) is 29.8 Å². The summed E-state index contributed by atoms with van der Waals surface area (Å²) in [7, 11) is -7.68. The van der Waals surface area contributed by atoms with Gasteiger partial charge in [-0.3, -0.25) is 13.8 Å². The maximum atomic E-state index is 11.7. The zero-order chi connectivity index (χ0) is 18.1. The lowest BCUT2D eigenvalue weighted by Gasteiger charge is -2.34. The van der Waals surface area contributed by atoms with E-state index in [4.69, 9.17) is 27.7 Å². The van der Waals surface area contributed by atoms with E-state index in [1.165, 1.54) is 24.3 Å². The molecule has 24 heavy (non-hydrogen) atoms. The molecule has 0 saturated carbocycles. The fourth-order valence-electron chi connectivity index (χ4n) is 2.07. The van der Waals surface area contributed by atoms with Crippen molar-refractivity contribution in [3.8, 4) is 0 Å². The van der Waals surface area contributed by atoms with Crippen LogP contribution in [0.25, 0.3) is 0 Å². The molecule has 2 N–H and O–H groups in total. The predicted molar refractivity (Wildman–Crippen MR) is 86.6 cm³/mol. The number of halogens is 2. The van der Waals surface area contributed by atoms with Crippen molar-refractivity contribution in [1.82, 2.24) is 5.32 Å². The highest BCUT2D eigenvalue weighted by Gasteiger charge is 2.40. The average Bonchev–Trinajstić information content (AvgIpc) is 2.48. The van der Waals surface area contributed by atoms with Crippen molar-refractivity contribution in [2.45, 2.75) is 21.9 Å². The monoisotopic (exact) mass is 417 g/mol. The zero-order valence-electron chi connectivity index (χ0n) is 12.3. The number of phosphoric acid groups is 1. The Morgan fingerprint density at radius 1 is 1.38 bits per heavy atom. The predicted octanol–water partition coefficient (Wildman–Crippen LogP) is 1.57. The van der Waals surface area contributed by atoms with Crippen molar-refractivity contribution < 1.29 is 31.7 Å². The van der Waals surface area contributed by atoms with E-state index in [-0.39, 0.29) is 11.5 Å². The fourth-order valence-corrected chi connectivity index (χ4v) is 3.79. The Morgan fingerprint density at radius 2 is 1.96 bits per heavy atom. The minimum Gasteiger partial charge on any atom is -0.346 e. The molecule has 1 aromatic carbocycles. The van der Waals surface area contributed by atoms with Crippen LogP contribution < -0.4 is 5.32 Å². The minimum atomic E-state index is -4.29. The second-order valence-corrected chi connectivity index (χ2v) is 9.57. The van der Waals surface area contributed by atoms with Gasteiger partial charge < -0.3 is 10.2 Å². The molecule has 0 radical (unpaired) electrons. The Morgan fingerprint density at radius 3 is 2.46 bits per heavy atom. The molecule has 3 atom stereocenters. The average molecular weight is 418 g/mol. The number of phosphoric ester groups is 1. The van der Waals surface area contributed by atoms with Crippen LogP contribution >= 0.6 is 31.0 Å². The Balaban J connectivity index is 2.30. The van der Waals surface area contributed by atoms with Gasteiger partial charge in [-0.15, -0.1) is 0 Å². The van der Waals surface area contributed by atoms with Crippen LogP contribution in [0.1, 0.15) is 11.7 Å². The molecule has 1 heterocycles. The van der Waals surface area contributed by atoms with E-state index in [9.17, 15) is 22.7 Å². The summed E-state index contributed by atoms with van der Waals surface area (Å²) in [6, 6.07) is 4.66. The first-order valence-corrected chi connectivity index (χ1v) is 10.8. The first-order chi connectivity index (χ1) is 11.0. The van der Waals surface area contributed by atoms with E-state index in [0.29, 0.717) is 5.56 Å². The quantitative estimate of drug-likeness (QED) is 0.563. The SMILES string of the molecule is CS(=O)(=O)c1ccc([C@H]2OP(=O)(O)OC[C@H]2NC(=O)C(Cl)Cl)cc1. The summed E-state index contributed by atoms with van der Waals surface area (Å²) in [6.07, 6.45) is 0.0122. The van der Waals surface area contributed by atoms with Crippen LogP contribution in [0.15, 0.2) is 29.2 Å². The number of carbonyl (C=O) groups is 1. The van der Waals surface area contributed by atoms with Crippen molar-refractivity contribution >= 4 is 46.8 Å². The summed E-state index contributed by atoms with van der Waals surface area (Å²) in [5.74, 6) is -0.719. The molecule has 1 aliphatic heterocycles. The highest BCUT2D eigenvalue weighted by atomic mass is 35.5. The molecule has 1 aliphatic rings. The van der Waals surface area contributed by atoms with Gasteiger partial charge in [-0.1, -0.05) is 35.3 Å². The lowest BCUT2D eigenvalue weighted by atomic mass is 10.0. The number of rotatable bonds is 4. The van der Waals surface area contributed by atoms with Gasteiger partial charge in [0.1, 0.15) is 6.10 Å². The van der Waals surface area contributed by atoms with Crippen LogP contribution in [0.2, 0.25) is 0 Å². The third kappa shape index (κ3) is 4.92. The molecular weight excluding hydrogens is 404 g/mol. The maximum Gasteiger partial charge on any atom is 0.472 e. The summed E-state index contributed by atoms with van der Waals surface area (Å²) in [5, 5.41) is 2.45. The lowest BCUT2D eigenvalue weighted by molar-refractivity contribution is -0.122. The van der Waals surface area contributed by atoms with Crippen molar-refractivity contribution in [3.63, 3.8) is 0 Å². The summed E-state index contributed by atoms with van der Waals surface area (Å²) in [4.78, 5) is 19.9. The zero-order valence-corrected chi connectivity index (χ0v) is 15.5. The molecule has 1 unspecified atom stereocenters. The normalized spacial score (nSPS) is 27.9. The molecule has 8 nitrogen and oxygen atoms in total. The van der Waals surface area contributed by atoms with E-state index < -0.39 is 40.5 Å². The minimum absolute atomic E-state index is 0.0765. The molecule has 1 fully saturated rings. The van der Waals surface area contributed by atoms with E-state index in [0.717, 1.165) is 6.26 Å². The second-order valence-electron chi connectivity index (χ2n) is 5.05. The third-order valence-corrected chi connectivity index (χ3v) is 5.69. The summed E-state index contributed by atoms with van der Waals surface area (Å²) in [6.45, 7) is -0.307. The molecule has 134 valence electrons. The van der Waals surface area contributed by atoms with Crippen LogP contribution in [0.5, 0.6) is 0 Å². The van der Waals surface area contributed by atoms with Crippen LogP contribution in [-0.4, -0.2) is 43.0 Å². The van der Waals surface area contributed by atoms with Crippen molar-refractivity contribution in [1.29, 1.82) is 0 Å². The second kappa shape index (κ2) is 7.29. The summed E-state index contributed by atoms with van der Waals surface area (Å²) in [5.41, 5.74) is 0.381. The smallest absolute Gasteiger partial charge is 0.346 e. The van der Waals surface area contributed by atoms with Gasteiger partial charge in [0.2, 0.25) is 0 Å². The van der Waals surface area contributed by atoms with Gasteiger partial charge in [-0.25, -0.2) is 13.0 Å². The van der Waals surface area contributed by atoms with Gasteiger partial charge in [0.15, 0.2) is 14.7 Å². The maximum absolute atomic E-state index is 11.7. The van der Waals surface area contributed by atoms with E-state index >= 15 is 0 Å². The first-order valence-electron chi connectivity index (χ1n) is 6.54. The summed E-state index contributed by atoms with van der Waals surface area (Å²) >= 11 is 10.9. The molecular formula is C12H14Cl2NO7PS.